The maximum Gasteiger partial charge on any atom is 0.252 e. The predicted octanol–water partition coefficient (Wildman–Crippen LogP) is 2.56. The van der Waals surface area contributed by atoms with E-state index in [4.69, 9.17) is 5.26 Å². The Morgan fingerprint density at radius 2 is 1.93 bits per heavy atom. The smallest absolute Gasteiger partial charge is 0.252 e. The maximum atomic E-state index is 12.6. The Morgan fingerprint density at radius 1 is 1.14 bits per heavy atom. The first-order valence-corrected chi connectivity index (χ1v) is 8.84. The van der Waals surface area contributed by atoms with Gasteiger partial charge in [-0.3, -0.25) is 9.59 Å². The predicted molar refractivity (Wildman–Crippen MR) is 101 cm³/mol. The van der Waals surface area contributed by atoms with Crippen molar-refractivity contribution in [3.05, 3.63) is 71.3 Å². The molecule has 0 N–H and O–H groups in total. The van der Waals surface area contributed by atoms with Crippen molar-refractivity contribution in [1.29, 1.82) is 5.26 Å². The van der Waals surface area contributed by atoms with Crippen LogP contribution in [0.3, 0.4) is 0 Å². The number of benzene rings is 2. The summed E-state index contributed by atoms with van der Waals surface area (Å²) in [5.74, 6) is -0.0139. The zero-order valence-electron chi connectivity index (χ0n) is 15.3. The number of fused-ring (bicyclic) bond motifs is 1. The summed E-state index contributed by atoms with van der Waals surface area (Å²) in [5, 5.41) is 12.7. The highest BCUT2D eigenvalue weighted by Crippen LogP contribution is 2.30. The Labute approximate surface area is 161 Å². The van der Waals surface area contributed by atoms with Crippen LogP contribution >= 0.6 is 0 Å². The number of nitriles is 1. The zero-order valence-corrected chi connectivity index (χ0v) is 15.3. The van der Waals surface area contributed by atoms with E-state index < -0.39 is 0 Å². The van der Waals surface area contributed by atoms with Crippen LogP contribution in [-0.4, -0.2) is 31.4 Å². The fourth-order valence-corrected chi connectivity index (χ4v) is 3.44. The molecule has 138 valence electrons. The van der Waals surface area contributed by atoms with Crippen LogP contribution in [0.4, 0.5) is 0 Å². The van der Waals surface area contributed by atoms with Crippen molar-refractivity contribution >= 4 is 11.7 Å². The second-order valence-electron chi connectivity index (χ2n) is 6.71. The van der Waals surface area contributed by atoms with Crippen molar-refractivity contribution in [1.82, 2.24) is 19.7 Å². The van der Waals surface area contributed by atoms with Gasteiger partial charge in [0.25, 0.3) is 5.82 Å². The first kappa shape index (κ1) is 17.6. The van der Waals surface area contributed by atoms with Gasteiger partial charge in [0.1, 0.15) is 18.9 Å². The van der Waals surface area contributed by atoms with E-state index in [0.717, 1.165) is 22.3 Å². The highest BCUT2D eigenvalue weighted by atomic mass is 16.2. The van der Waals surface area contributed by atoms with E-state index in [9.17, 15) is 9.59 Å². The molecule has 1 aliphatic heterocycles. The van der Waals surface area contributed by atoms with Crippen LogP contribution in [-0.2, 0) is 24.4 Å². The van der Waals surface area contributed by atoms with E-state index in [1.807, 2.05) is 48.5 Å². The van der Waals surface area contributed by atoms with Crippen molar-refractivity contribution in [2.45, 2.75) is 26.6 Å². The van der Waals surface area contributed by atoms with Crippen molar-refractivity contribution in [2.24, 2.45) is 0 Å². The Morgan fingerprint density at radius 3 is 2.68 bits per heavy atom. The van der Waals surface area contributed by atoms with Crippen LogP contribution in [0.2, 0.25) is 0 Å². The number of hydrogen-bond donors (Lipinski definition) is 0. The molecule has 0 spiro atoms. The quantitative estimate of drug-likeness (QED) is 0.657. The van der Waals surface area contributed by atoms with E-state index in [-0.39, 0.29) is 24.1 Å². The third-order valence-corrected chi connectivity index (χ3v) is 4.83. The number of carbonyl (C=O) groups is 2. The standard InChI is InChI=1S/C21H17N5O2/c1-14(27)18-4-2-3-5-19(18)15-6-7-16-10-25(11-17(16)8-15)21(28)12-26-13-23-20(9-22)24-26/h2-8,13H,10-12H2,1H3. The molecular weight excluding hydrogens is 354 g/mol. The van der Waals surface area contributed by atoms with Gasteiger partial charge in [0.2, 0.25) is 5.91 Å². The van der Waals surface area contributed by atoms with Gasteiger partial charge in [0.05, 0.1) is 0 Å². The second-order valence-corrected chi connectivity index (χ2v) is 6.71. The molecule has 0 bridgehead atoms. The van der Waals surface area contributed by atoms with Crippen LogP contribution < -0.4 is 0 Å². The Balaban J connectivity index is 1.54. The minimum atomic E-state index is -0.0868. The summed E-state index contributed by atoms with van der Waals surface area (Å²) in [6, 6.07) is 15.4. The molecule has 2 aromatic carbocycles. The molecule has 0 aliphatic carbocycles. The second kappa shape index (κ2) is 7.08. The average Bonchev–Trinajstić information content (AvgIpc) is 3.33. The summed E-state index contributed by atoms with van der Waals surface area (Å²) < 4.78 is 1.37. The number of hydrogen-bond acceptors (Lipinski definition) is 5. The lowest BCUT2D eigenvalue weighted by Gasteiger charge is -2.14. The largest absolute Gasteiger partial charge is 0.332 e. The van der Waals surface area contributed by atoms with Gasteiger partial charge >= 0.3 is 0 Å². The summed E-state index contributed by atoms with van der Waals surface area (Å²) in [5.41, 5.74) is 4.71. The lowest BCUT2D eigenvalue weighted by molar-refractivity contribution is -0.132. The Bertz CT molecular complexity index is 1130. The average molecular weight is 371 g/mol. The normalized spacial score (nSPS) is 12.5. The molecule has 0 fully saturated rings. The van der Waals surface area contributed by atoms with Gasteiger partial charge in [-0.2, -0.15) is 5.26 Å². The molecule has 28 heavy (non-hydrogen) atoms. The number of carbonyl (C=O) groups excluding carboxylic acids is 2. The van der Waals surface area contributed by atoms with Crippen molar-refractivity contribution in [3.63, 3.8) is 0 Å². The van der Waals surface area contributed by atoms with Gasteiger partial charge < -0.3 is 4.90 Å². The van der Waals surface area contributed by atoms with Gasteiger partial charge in [-0.1, -0.05) is 36.4 Å². The van der Waals surface area contributed by atoms with Crippen LogP contribution in [0, 0.1) is 11.3 Å². The number of ketones is 1. The fraction of sp³-hybridized carbons (Fsp3) is 0.190. The third-order valence-electron chi connectivity index (χ3n) is 4.83. The topological polar surface area (TPSA) is 91.9 Å². The highest BCUT2D eigenvalue weighted by molar-refractivity contribution is 6.00. The number of Topliss-reactive ketones (excluding diaryl/α,β-unsaturated/α-hetero) is 1. The van der Waals surface area contributed by atoms with E-state index in [0.29, 0.717) is 18.7 Å². The molecule has 0 atom stereocenters. The van der Waals surface area contributed by atoms with Crippen molar-refractivity contribution < 1.29 is 9.59 Å². The molecule has 3 aromatic rings. The first-order valence-electron chi connectivity index (χ1n) is 8.84. The molecule has 4 rings (SSSR count). The molecule has 1 amide bonds. The number of amides is 1. The summed E-state index contributed by atoms with van der Waals surface area (Å²) in [4.78, 5) is 30.1. The molecule has 0 unspecified atom stereocenters. The molecule has 0 saturated heterocycles. The fourth-order valence-electron chi connectivity index (χ4n) is 3.44. The molecule has 1 aromatic heterocycles. The van der Waals surface area contributed by atoms with Gasteiger partial charge in [-0.15, -0.1) is 5.10 Å². The van der Waals surface area contributed by atoms with Crippen molar-refractivity contribution in [3.8, 4) is 17.2 Å². The van der Waals surface area contributed by atoms with E-state index in [1.165, 1.54) is 11.0 Å². The lowest BCUT2D eigenvalue weighted by atomic mass is 9.95. The summed E-state index contributed by atoms with van der Waals surface area (Å²) >= 11 is 0. The third kappa shape index (κ3) is 3.28. The van der Waals surface area contributed by atoms with Gasteiger partial charge in [0.15, 0.2) is 5.78 Å². The molecular formula is C21H17N5O2. The van der Waals surface area contributed by atoms with Crippen LogP contribution in [0.25, 0.3) is 11.1 Å². The van der Waals surface area contributed by atoms with Gasteiger partial charge in [-0.25, -0.2) is 9.67 Å². The number of rotatable bonds is 4. The SMILES string of the molecule is CC(=O)c1ccccc1-c1ccc2c(c1)CN(C(=O)Cn1cnc(C#N)n1)C2. The Hall–Kier alpha value is -3.79. The lowest BCUT2D eigenvalue weighted by Crippen LogP contribution is -2.29. The molecule has 0 saturated carbocycles. The minimum absolute atomic E-state index is 0.0254. The van der Waals surface area contributed by atoms with E-state index in [2.05, 4.69) is 10.1 Å². The van der Waals surface area contributed by atoms with Gasteiger partial charge in [-0.05, 0) is 35.2 Å². The van der Waals surface area contributed by atoms with Crippen LogP contribution in [0.1, 0.15) is 34.2 Å². The summed E-state index contributed by atoms with van der Waals surface area (Å²) in [6.45, 7) is 2.64. The zero-order chi connectivity index (χ0) is 19.7. The number of nitrogens with zero attached hydrogens (tertiary/aromatic N) is 5. The highest BCUT2D eigenvalue weighted by Gasteiger charge is 2.24. The molecule has 1 aliphatic rings. The molecule has 0 radical (unpaired) electrons. The summed E-state index contributed by atoms with van der Waals surface area (Å²) in [6.07, 6.45) is 1.39. The van der Waals surface area contributed by atoms with Crippen molar-refractivity contribution in [2.75, 3.05) is 0 Å². The first-order chi connectivity index (χ1) is 13.5. The van der Waals surface area contributed by atoms with Crippen LogP contribution in [0.5, 0.6) is 0 Å². The minimum Gasteiger partial charge on any atom is -0.332 e. The van der Waals surface area contributed by atoms with Crippen LogP contribution in [0.15, 0.2) is 48.8 Å². The number of aromatic nitrogens is 3. The summed E-state index contributed by atoms with van der Waals surface area (Å²) in [7, 11) is 0. The molecule has 7 nitrogen and oxygen atoms in total. The molecule has 7 heteroatoms. The monoisotopic (exact) mass is 371 g/mol. The van der Waals surface area contributed by atoms with E-state index in [1.54, 1.807) is 11.8 Å². The van der Waals surface area contributed by atoms with Gasteiger partial charge in [0, 0.05) is 18.7 Å². The maximum absolute atomic E-state index is 12.6. The molecule has 2 heterocycles. The Kier molecular flexibility index (Phi) is 4.45. The van der Waals surface area contributed by atoms with E-state index >= 15 is 0 Å².